The summed E-state index contributed by atoms with van der Waals surface area (Å²) in [7, 11) is 3.48. The Morgan fingerprint density at radius 1 is 1.25 bits per heavy atom. The first-order chi connectivity index (χ1) is 9.51. The second-order valence-corrected chi connectivity index (χ2v) is 4.73. The van der Waals surface area contributed by atoms with Crippen LogP contribution in [0.4, 0.5) is 8.78 Å². The smallest absolute Gasteiger partial charge is 0.261 e. The molecule has 0 heterocycles. The van der Waals surface area contributed by atoms with Crippen LogP contribution in [0.1, 0.15) is 29.2 Å². The van der Waals surface area contributed by atoms with Crippen molar-refractivity contribution < 1.29 is 18.3 Å². The third-order valence-corrected chi connectivity index (χ3v) is 3.43. The van der Waals surface area contributed by atoms with E-state index in [1.165, 1.54) is 0 Å². The van der Waals surface area contributed by atoms with E-state index < -0.39 is 13.0 Å². The quantitative estimate of drug-likeness (QED) is 0.745. The molecule has 1 aromatic carbocycles. The summed E-state index contributed by atoms with van der Waals surface area (Å²) in [5.74, 6) is 0.846. The van der Waals surface area contributed by atoms with Crippen molar-refractivity contribution >= 4 is 0 Å². The van der Waals surface area contributed by atoms with Gasteiger partial charge >= 0.3 is 0 Å². The van der Waals surface area contributed by atoms with Crippen LogP contribution in [0.3, 0.4) is 0 Å². The molecule has 5 heteroatoms. The number of hydrogen-bond acceptors (Lipinski definition) is 3. The fourth-order valence-electron chi connectivity index (χ4n) is 2.19. The molecule has 1 rings (SSSR count). The van der Waals surface area contributed by atoms with Crippen LogP contribution in [0, 0.1) is 13.8 Å². The largest absolute Gasteiger partial charge is 0.496 e. The summed E-state index contributed by atoms with van der Waals surface area (Å²) in [5.41, 5.74) is 3.28. The Bertz CT molecular complexity index is 425. The normalized spacial score (nSPS) is 12.8. The zero-order valence-corrected chi connectivity index (χ0v) is 12.5. The van der Waals surface area contributed by atoms with Gasteiger partial charge in [0.1, 0.15) is 12.4 Å². The van der Waals surface area contributed by atoms with Gasteiger partial charge in [0.05, 0.1) is 7.11 Å². The standard InChI is InChI=1S/C15H23F2NO2/c1-10-5-6-12(15(19-4)11(10)2)13(18-3)7-8-20-9-14(16)17/h5-6,13-14,18H,7-9H2,1-4H3. The summed E-state index contributed by atoms with van der Waals surface area (Å²) in [6, 6.07) is 4.06. The van der Waals surface area contributed by atoms with E-state index in [0.29, 0.717) is 6.42 Å². The van der Waals surface area contributed by atoms with Gasteiger partial charge in [-0.2, -0.15) is 0 Å². The van der Waals surface area contributed by atoms with Crippen molar-refractivity contribution in [3.63, 3.8) is 0 Å². The molecule has 0 amide bonds. The fourth-order valence-corrected chi connectivity index (χ4v) is 2.19. The molecular weight excluding hydrogens is 264 g/mol. The summed E-state index contributed by atoms with van der Waals surface area (Å²) in [6.45, 7) is 3.81. The molecule has 114 valence electrons. The molecule has 1 atom stereocenters. The Balaban J connectivity index is 2.77. The van der Waals surface area contributed by atoms with Crippen molar-refractivity contribution in [1.29, 1.82) is 0 Å². The van der Waals surface area contributed by atoms with Crippen LogP contribution in [0.15, 0.2) is 12.1 Å². The van der Waals surface area contributed by atoms with Crippen LogP contribution in [-0.4, -0.2) is 33.8 Å². The average molecular weight is 287 g/mol. The fraction of sp³-hybridized carbons (Fsp3) is 0.600. The maximum atomic E-state index is 12.0. The maximum absolute atomic E-state index is 12.0. The lowest BCUT2D eigenvalue weighted by Crippen LogP contribution is -2.20. The van der Waals surface area contributed by atoms with Gasteiger partial charge in [-0.1, -0.05) is 12.1 Å². The van der Waals surface area contributed by atoms with Crippen LogP contribution < -0.4 is 10.1 Å². The minimum Gasteiger partial charge on any atom is -0.496 e. The number of ether oxygens (including phenoxy) is 2. The Labute approximate surface area is 119 Å². The highest BCUT2D eigenvalue weighted by atomic mass is 19.3. The number of halogens is 2. The van der Waals surface area contributed by atoms with Crippen molar-refractivity contribution in [3.05, 3.63) is 28.8 Å². The van der Waals surface area contributed by atoms with E-state index in [-0.39, 0.29) is 12.6 Å². The zero-order chi connectivity index (χ0) is 15.1. The van der Waals surface area contributed by atoms with E-state index in [0.717, 1.165) is 22.4 Å². The monoisotopic (exact) mass is 287 g/mol. The van der Waals surface area contributed by atoms with E-state index in [2.05, 4.69) is 5.32 Å². The topological polar surface area (TPSA) is 30.5 Å². The van der Waals surface area contributed by atoms with Crippen molar-refractivity contribution in [2.45, 2.75) is 32.7 Å². The lowest BCUT2D eigenvalue weighted by Gasteiger charge is -2.21. The van der Waals surface area contributed by atoms with E-state index in [9.17, 15) is 8.78 Å². The molecule has 0 fully saturated rings. The summed E-state index contributed by atoms with van der Waals surface area (Å²) < 4.78 is 34.5. The number of rotatable bonds is 8. The Morgan fingerprint density at radius 2 is 1.95 bits per heavy atom. The lowest BCUT2D eigenvalue weighted by atomic mass is 9.97. The molecule has 0 spiro atoms. The van der Waals surface area contributed by atoms with Gasteiger partial charge < -0.3 is 14.8 Å². The van der Waals surface area contributed by atoms with Gasteiger partial charge in [-0.3, -0.25) is 0 Å². The van der Waals surface area contributed by atoms with E-state index >= 15 is 0 Å². The van der Waals surface area contributed by atoms with Crippen LogP contribution in [0.25, 0.3) is 0 Å². The van der Waals surface area contributed by atoms with Crippen LogP contribution in [0.2, 0.25) is 0 Å². The zero-order valence-electron chi connectivity index (χ0n) is 12.5. The number of hydrogen-bond donors (Lipinski definition) is 1. The molecule has 1 aromatic rings. The van der Waals surface area contributed by atoms with Gasteiger partial charge in [0, 0.05) is 18.2 Å². The minimum absolute atomic E-state index is 0.0157. The molecule has 0 saturated carbocycles. The van der Waals surface area contributed by atoms with Crippen molar-refractivity contribution in [1.82, 2.24) is 5.32 Å². The molecule has 20 heavy (non-hydrogen) atoms. The SMILES string of the molecule is CNC(CCOCC(F)F)c1ccc(C)c(C)c1OC. The Kier molecular flexibility index (Phi) is 6.88. The van der Waals surface area contributed by atoms with E-state index in [1.807, 2.05) is 33.0 Å². The van der Waals surface area contributed by atoms with Gasteiger partial charge in [0.25, 0.3) is 6.43 Å². The molecule has 0 aliphatic rings. The second kappa shape index (κ2) is 8.17. The van der Waals surface area contributed by atoms with E-state index in [4.69, 9.17) is 9.47 Å². The first-order valence-corrected chi connectivity index (χ1v) is 6.68. The number of benzene rings is 1. The lowest BCUT2D eigenvalue weighted by molar-refractivity contribution is 0.0145. The van der Waals surface area contributed by atoms with Crippen LogP contribution >= 0.6 is 0 Å². The molecule has 1 N–H and O–H groups in total. The molecule has 3 nitrogen and oxygen atoms in total. The Morgan fingerprint density at radius 3 is 2.50 bits per heavy atom. The van der Waals surface area contributed by atoms with Gasteiger partial charge in [0.2, 0.25) is 0 Å². The third kappa shape index (κ3) is 4.42. The number of nitrogens with one attached hydrogen (secondary N) is 1. The summed E-state index contributed by atoms with van der Waals surface area (Å²) in [4.78, 5) is 0. The molecular formula is C15H23F2NO2. The first kappa shape index (κ1) is 16.9. The Hall–Kier alpha value is -1.20. The first-order valence-electron chi connectivity index (χ1n) is 6.68. The molecule has 0 aromatic heterocycles. The predicted molar refractivity (Wildman–Crippen MR) is 75.7 cm³/mol. The summed E-state index contributed by atoms with van der Waals surface area (Å²) in [5, 5.41) is 3.18. The molecule has 0 aliphatic carbocycles. The minimum atomic E-state index is -2.42. The number of methoxy groups -OCH3 is 1. The van der Waals surface area contributed by atoms with Gasteiger partial charge in [-0.15, -0.1) is 0 Å². The van der Waals surface area contributed by atoms with Gasteiger partial charge in [0.15, 0.2) is 0 Å². The predicted octanol–water partition coefficient (Wildman–Crippen LogP) is 3.24. The highest BCUT2D eigenvalue weighted by Crippen LogP contribution is 2.32. The maximum Gasteiger partial charge on any atom is 0.261 e. The van der Waals surface area contributed by atoms with Crippen LogP contribution in [-0.2, 0) is 4.74 Å². The highest BCUT2D eigenvalue weighted by Gasteiger charge is 2.17. The highest BCUT2D eigenvalue weighted by molar-refractivity contribution is 5.46. The molecule has 0 radical (unpaired) electrons. The summed E-state index contributed by atoms with van der Waals surface area (Å²) >= 11 is 0. The molecule has 1 unspecified atom stereocenters. The van der Waals surface area contributed by atoms with E-state index in [1.54, 1.807) is 7.11 Å². The number of aryl methyl sites for hydroxylation is 1. The molecule has 0 bridgehead atoms. The molecule has 0 saturated heterocycles. The number of alkyl halides is 2. The van der Waals surface area contributed by atoms with Gasteiger partial charge in [-0.05, 0) is 38.4 Å². The third-order valence-electron chi connectivity index (χ3n) is 3.43. The average Bonchev–Trinajstić information content (AvgIpc) is 2.42. The van der Waals surface area contributed by atoms with Crippen molar-refractivity contribution in [2.75, 3.05) is 27.4 Å². The van der Waals surface area contributed by atoms with Crippen molar-refractivity contribution in [3.8, 4) is 5.75 Å². The van der Waals surface area contributed by atoms with Gasteiger partial charge in [-0.25, -0.2) is 8.78 Å². The summed E-state index contributed by atoms with van der Waals surface area (Å²) in [6.07, 6.45) is -1.80. The molecule has 0 aliphatic heterocycles. The van der Waals surface area contributed by atoms with Crippen molar-refractivity contribution in [2.24, 2.45) is 0 Å². The van der Waals surface area contributed by atoms with Crippen LogP contribution in [0.5, 0.6) is 5.75 Å². The second-order valence-electron chi connectivity index (χ2n) is 4.73.